The lowest BCUT2D eigenvalue weighted by atomic mass is 9.75. The van der Waals surface area contributed by atoms with Crippen LogP contribution >= 0.6 is 23.2 Å². The van der Waals surface area contributed by atoms with Crippen LogP contribution in [0.5, 0.6) is 0 Å². The third-order valence-corrected chi connectivity index (χ3v) is 19.9. The van der Waals surface area contributed by atoms with Gasteiger partial charge in [-0.05, 0) is 145 Å². The number of rotatable bonds is 24. The Morgan fingerprint density at radius 1 is 0.558 bits per heavy atom. The maximum absolute atomic E-state index is 15.1. The Morgan fingerprint density at radius 3 is 1.38 bits per heavy atom. The average molecular weight is 1490 g/mol. The zero-order chi connectivity index (χ0) is 75.6. The summed E-state index contributed by atoms with van der Waals surface area (Å²) in [4.78, 5) is 81.6. The SMILES string of the molecule is CC(C)(C)C[C@]1(c2ccc(-n3nccn3)cc2)N=C(N)N([C@H](COC(=O)CC2(C(C)(F)F)CC2)c2ccc(Cl)c(-n3ncnc3C(F)F)c2)C1=O.CC(C)c1nccc2cc([C@@]3(CC(C)(C)C)N=C(N)N([C@H](COC(=O)CC4(C(C)(F)F)CC4)c4ccc(Cl)c(-n5ncnc5C(F)F)c4)C3=O)ccc12. The Bertz CT molecular complexity index is 4620. The molecule has 22 nitrogen and oxygen atoms in total. The van der Waals surface area contributed by atoms with Crippen molar-refractivity contribution >= 4 is 69.6 Å². The second kappa shape index (κ2) is 28.2. The minimum absolute atomic E-state index is 0.00628. The van der Waals surface area contributed by atoms with E-state index in [0.717, 1.165) is 52.3 Å². The lowest BCUT2D eigenvalue weighted by Gasteiger charge is -2.35. The topological polar surface area (TPSA) is 275 Å². The molecule has 2 saturated carbocycles. The quantitative estimate of drug-likeness (QED) is 0.0420. The van der Waals surface area contributed by atoms with Crippen molar-refractivity contribution in [3.63, 3.8) is 0 Å². The van der Waals surface area contributed by atoms with E-state index in [1.54, 1.807) is 30.5 Å². The van der Waals surface area contributed by atoms with Crippen LogP contribution < -0.4 is 11.5 Å². The van der Waals surface area contributed by atoms with E-state index in [1.807, 2.05) is 79.7 Å². The average Bonchev–Trinajstić information content (AvgIpc) is 1.69. The number of hydrogen-bond acceptors (Lipinski definition) is 17. The number of carbonyl (C=O) groups excluding carboxylic acids is 4. The minimum Gasteiger partial charge on any atom is -0.463 e. The number of halogens is 10. The molecule has 0 bridgehead atoms. The number of carbonyl (C=O) groups is 4. The summed E-state index contributed by atoms with van der Waals surface area (Å²) in [6.07, 6.45) is 0.735. The Kier molecular flexibility index (Phi) is 20.5. The number of benzene rings is 4. The predicted octanol–water partition coefficient (Wildman–Crippen LogP) is 14.8. The first-order valence-electron chi connectivity index (χ1n) is 33.5. The first-order valence-corrected chi connectivity index (χ1v) is 34.2. The van der Waals surface area contributed by atoms with Crippen molar-refractivity contribution in [1.29, 1.82) is 0 Å². The van der Waals surface area contributed by atoms with Crippen LogP contribution in [0.25, 0.3) is 27.8 Å². The summed E-state index contributed by atoms with van der Waals surface area (Å²) in [6.45, 7) is 16.4. The van der Waals surface area contributed by atoms with E-state index < -0.39 is 131 Å². The van der Waals surface area contributed by atoms with Crippen LogP contribution in [0, 0.1) is 21.7 Å². The van der Waals surface area contributed by atoms with Crippen LogP contribution in [-0.4, -0.2) is 120 Å². The minimum atomic E-state index is -3.10. The molecule has 4 aromatic heterocycles. The van der Waals surface area contributed by atoms with Gasteiger partial charge >= 0.3 is 11.9 Å². The van der Waals surface area contributed by atoms with Crippen molar-refractivity contribution in [2.24, 2.45) is 43.1 Å². The van der Waals surface area contributed by atoms with E-state index in [1.165, 1.54) is 63.4 Å². The molecule has 0 spiro atoms. The number of fused-ring (bicyclic) bond motifs is 1. The number of hydrogen-bond donors (Lipinski definition) is 2. The smallest absolute Gasteiger partial charge is 0.306 e. The number of nitrogens with zero attached hydrogens (tertiary/aromatic N) is 14. The normalized spacial score (nSPS) is 19.3. The Morgan fingerprint density at radius 2 is 0.981 bits per heavy atom. The van der Waals surface area contributed by atoms with Gasteiger partial charge in [-0.25, -0.2) is 64.4 Å². The summed E-state index contributed by atoms with van der Waals surface area (Å²) < 4.78 is 126. The molecular weight excluding hydrogens is 1410 g/mol. The molecule has 4 aromatic carbocycles. The molecular formula is C72H78Cl2F8N16O6. The molecule has 6 heterocycles. The van der Waals surface area contributed by atoms with E-state index in [-0.39, 0.29) is 88.9 Å². The third-order valence-electron chi connectivity index (χ3n) is 19.3. The fourth-order valence-corrected chi connectivity index (χ4v) is 14.1. The number of aromatic nitrogens is 10. The fourth-order valence-electron chi connectivity index (χ4n) is 13.7. The molecule has 8 aromatic rings. The Balaban J connectivity index is 0.000000208. The number of esters is 2. The zero-order valence-electron chi connectivity index (χ0n) is 58.6. The molecule has 12 rings (SSSR count). The number of pyridine rings is 1. The van der Waals surface area contributed by atoms with Crippen LogP contribution in [0.15, 0.2) is 126 Å². The van der Waals surface area contributed by atoms with Gasteiger partial charge in [0.2, 0.25) is 0 Å². The molecule has 2 aliphatic heterocycles. The number of alkyl halides is 8. The molecule has 4 N–H and O–H groups in total. The lowest BCUT2D eigenvalue weighted by molar-refractivity contribution is -0.153. The summed E-state index contributed by atoms with van der Waals surface area (Å²) in [7, 11) is 0. The molecule has 0 unspecified atom stereocenters. The van der Waals surface area contributed by atoms with Gasteiger partial charge in [0.15, 0.2) is 34.6 Å². The van der Waals surface area contributed by atoms with Gasteiger partial charge < -0.3 is 20.9 Å². The van der Waals surface area contributed by atoms with Crippen LogP contribution in [0.3, 0.4) is 0 Å². The van der Waals surface area contributed by atoms with Crippen LogP contribution in [0.4, 0.5) is 35.1 Å². The first-order chi connectivity index (χ1) is 48.7. The molecule has 552 valence electrons. The van der Waals surface area contributed by atoms with Crippen molar-refractivity contribution in [2.45, 2.75) is 174 Å². The molecule has 0 radical (unpaired) electrons. The molecule has 2 aliphatic carbocycles. The number of amides is 2. The molecule has 0 saturated heterocycles. The van der Waals surface area contributed by atoms with E-state index in [2.05, 4.69) is 35.3 Å². The molecule has 2 amide bonds. The summed E-state index contributed by atoms with van der Waals surface area (Å²) in [5.41, 5.74) is 9.47. The Labute approximate surface area is 603 Å². The van der Waals surface area contributed by atoms with Gasteiger partial charge in [0.05, 0.1) is 70.1 Å². The van der Waals surface area contributed by atoms with Gasteiger partial charge in [-0.1, -0.05) is 115 Å². The van der Waals surface area contributed by atoms with Gasteiger partial charge in [0, 0.05) is 22.4 Å². The van der Waals surface area contributed by atoms with Gasteiger partial charge in [-0.3, -0.25) is 34.0 Å². The van der Waals surface area contributed by atoms with Crippen LogP contribution in [-0.2, 0) is 39.7 Å². The van der Waals surface area contributed by atoms with Crippen LogP contribution in [0.1, 0.15) is 191 Å². The van der Waals surface area contributed by atoms with Gasteiger partial charge in [-0.15, -0.1) is 0 Å². The number of aliphatic imine (C=N–C) groups is 2. The molecule has 4 atom stereocenters. The largest absolute Gasteiger partial charge is 0.463 e. The van der Waals surface area contributed by atoms with Gasteiger partial charge in [0.25, 0.3) is 36.5 Å². The van der Waals surface area contributed by atoms with Crippen molar-refractivity contribution in [2.75, 3.05) is 13.2 Å². The monoisotopic (exact) mass is 1480 g/mol. The highest BCUT2D eigenvalue weighted by molar-refractivity contribution is 6.32. The van der Waals surface area contributed by atoms with Gasteiger partial charge in [0.1, 0.15) is 25.9 Å². The highest BCUT2D eigenvalue weighted by Gasteiger charge is 2.62. The van der Waals surface area contributed by atoms with Crippen molar-refractivity contribution in [3.8, 4) is 17.1 Å². The van der Waals surface area contributed by atoms with E-state index >= 15 is 4.79 Å². The molecule has 2 fully saturated rings. The maximum Gasteiger partial charge on any atom is 0.306 e. The van der Waals surface area contributed by atoms with Gasteiger partial charge in [-0.2, -0.15) is 25.2 Å². The maximum atomic E-state index is 15.1. The van der Waals surface area contributed by atoms with E-state index in [9.17, 15) is 49.5 Å². The second-order valence-electron chi connectivity index (χ2n) is 29.8. The predicted molar refractivity (Wildman–Crippen MR) is 369 cm³/mol. The third kappa shape index (κ3) is 15.1. The zero-order valence-corrected chi connectivity index (χ0v) is 60.1. The van der Waals surface area contributed by atoms with Crippen molar-refractivity contribution < 1.29 is 63.8 Å². The highest BCUT2D eigenvalue weighted by atomic mass is 35.5. The highest BCUT2D eigenvalue weighted by Crippen LogP contribution is 2.60. The summed E-state index contributed by atoms with van der Waals surface area (Å²) in [6, 6.07) is 20.8. The van der Waals surface area contributed by atoms with E-state index in [0.29, 0.717) is 16.8 Å². The first kappa shape index (κ1) is 75.7. The fraction of sp³-hybridized carbons (Fsp3) is 0.458. The number of nitrogens with two attached hydrogens (primary N) is 2. The molecule has 4 aliphatic rings. The second-order valence-corrected chi connectivity index (χ2v) is 30.6. The summed E-state index contributed by atoms with van der Waals surface area (Å²) >= 11 is 12.9. The van der Waals surface area contributed by atoms with E-state index in [4.69, 9.17) is 54.1 Å². The standard InChI is InChI=1S/C38H42ClF4N7O3.C34H36ClF4N9O3/c1-21(2)30-25-9-8-24(15-22(25)11-14-45-30)38(19-35(3,4)5)33(52)49(34(44)48-38)28(18-53-29(51)17-37(12-13-37)36(6,42)43)23-7-10-26(39)27(16-23)50-32(31(40)41)46-20-47-50;1-31(2,3)18-34(21-6-8-22(9-7-21)48-42-13-14-43-48)29(50)46(30(40)45-34)25(17-51-26(49)16-33(11-12-33)32(4,38)39)20-5-10-23(35)24(15-20)47-28(27(36)37)41-19-44-47/h7-11,14-16,20-21,28,31H,12-13,17-19H2,1-6H3,(H2,44,48);5-10,13-15,19,25,27H,11-12,16-18H2,1-4H3,(H2,40,45)/t28-,38-;25-,34-/m11/s1. The van der Waals surface area contributed by atoms with Crippen molar-refractivity contribution in [1.82, 2.24) is 59.3 Å². The Hall–Kier alpha value is -9.45. The lowest BCUT2D eigenvalue weighted by Crippen LogP contribution is -2.47. The molecule has 104 heavy (non-hydrogen) atoms. The van der Waals surface area contributed by atoms with Crippen molar-refractivity contribution in [3.05, 3.63) is 166 Å². The summed E-state index contributed by atoms with van der Waals surface area (Å²) in [5.74, 6) is -10.6. The van der Waals surface area contributed by atoms with Crippen LogP contribution in [0.2, 0.25) is 10.0 Å². The summed E-state index contributed by atoms with van der Waals surface area (Å²) in [5, 5.41) is 18.0. The molecule has 32 heteroatoms. The number of ether oxygens (including phenoxy) is 2. The number of guanidine groups is 2.